The minimum absolute atomic E-state index is 0.578. The summed E-state index contributed by atoms with van der Waals surface area (Å²) in [6.45, 7) is 8.94. The van der Waals surface area contributed by atoms with Gasteiger partial charge in [0.2, 0.25) is 0 Å². The summed E-state index contributed by atoms with van der Waals surface area (Å²) >= 11 is 1.93. The lowest BCUT2D eigenvalue weighted by molar-refractivity contribution is 0.660. The van der Waals surface area contributed by atoms with Gasteiger partial charge in [0.1, 0.15) is 0 Å². The molecule has 1 N–H and O–H groups in total. The molecule has 4 heteroatoms. The maximum absolute atomic E-state index is 5.02. The highest BCUT2D eigenvalue weighted by Gasteiger charge is 2.31. The third-order valence-electron chi connectivity index (χ3n) is 4.50. The van der Waals surface area contributed by atoms with Crippen molar-refractivity contribution in [1.29, 1.82) is 0 Å². The van der Waals surface area contributed by atoms with Crippen LogP contribution in [0.15, 0.2) is 0 Å². The first-order valence-electron chi connectivity index (χ1n) is 8.22. The predicted octanol–water partition coefficient (Wildman–Crippen LogP) is 3.90. The molecule has 0 aromatic carbocycles. The van der Waals surface area contributed by atoms with Crippen LogP contribution in [0.3, 0.4) is 0 Å². The number of thiazole rings is 1. The molecule has 1 unspecified atom stereocenters. The van der Waals surface area contributed by atoms with E-state index in [1.807, 2.05) is 11.3 Å². The van der Waals surface area contributed by atoms with Crippen LogP contribution in [0.5, 0.6) is 0 Å². The van der Waals surface area contributed by atoms with E-state index in [1.54, 1.807) is 0 Å². The molecule has 20 heavy (non-hydrogen) atoms. The van der Waals surface area contributed by atoms with E-state index in [-0.39, 0.29) is 0 Å². The topological polar surface area (TPSA) is 28.2 Å². The van der Waals surface area contributed by atoms with Crippen molar-refractivity contribution in [3.8, 4) is 0 Å². The molecule has 2 aliphatic rings. The molecule has 112 valence electrons. The molecule has 1 atom stereocenters. The highest BCUT2D eigenvalue weighted by molar-refractivity contribution is 7.15. The zero-order valence-corrected chi connectivity index (χ0v) is 13.8. The lowest BCUT2D eigenvalue weighted by atomic mass is 10.0. The van der Waals surface area contributed by atoms with E-state index in [9.17, 15) is 0 Å². The summed E-state index contributed by atoms with van der Waals surface area (Å²) in [7, 11) is 0. The van der Waals surface area contributed by atoms with E-state index in [0.717, 1.165) is 25.2 Å². The largest absolute Gasteiger partial charge is 0.345 e. The average molecular weight is 293 g/mol. The Morgan fingerprint density at radius 1 is 1.30 bits per heavy atom. The first-order valence-corrected chi connectivity index (χ1v) is 9.04. The molecule has 0 spiro atoms. The van der Waals surface area contributed by atoms with Gasteiger partial charge >= 0.3 is 0 Å². The quantitative estimate of drug-likeness (QED) is 0.788. The lowest BCUT2D eigenvalue weighted by Crippen LogP contribution is -2.24. The molecule has 0 aliphatic heterocycles. The van der Waals surface area contributed by atoms with Gasteiger partial charge in [0.15, 0.2) is 5.13 Å². The van der Waals surface area contributed by atoms with Crippen LogP contribution in [-0.2, 0) is 6.54 Å². The smallest absolute Gasteiger partial charge is 0.186 e. The van der Waals surface area contributed by atoms with E-state index in [1.165, 1.54) is 47.8 Å². The van der Waals surface area contributed by atoms with Crippen LogP contribution in [0.25, 0.3) is 0 Å². The summed E-state index contributed by atoms with van der Waals surface area (Å²) in [5, 5.41) is 4.92. The molecule has 2 fully saturated rings. The van der Waals surface area contributed by atoms with Crippen molar-refractivity contribution in [3.05, 3.63) is 10.6 Å². The van der Waals surface area contributed by atoms with Crippen molar-refractivity contribution in [2.24, 2.45) is 0 Å². The second-order valence-corrected chi connectivity index (χ2v) is 7.35. The van der Waals surface area contributed by atoms with Crippen LogP contribution in [0.2, 0.25) is 0 Å². The summed E-state index contributed by atoms with van der Waals surface area (Å²) in [5.41, 5.74) is 1.35. The van der Waals surface area contributed by atoms with E-state index in [0.29, 0.717) is 5.92 Å². The number of nitrogens with one attached hydrogen (secondary N) is 1. The van der Waals surface area contributed by atoms with Gasteiger partial charge in [-0.15, -0.1) is 11.3 Å². The fourth-order valence-corrected chi connectivity index (χ4v) is 3.91. The van der Waals surface area contributed by atoms with E-state index in [2.05, 4.69) is 31.0 Å². The Labute approximate surface area is 126 Å². The normalized spacial score (nSPS) is 20.1. The van der Waals surface area contributed by atoms with Crippen molar-refractivity contribution in [3.63, 3.8) is 0 Å². The number of anilines is 1. The number of hydrogen-bond acceptors (Lipinski definition) is 4. The van der Waals surface area contributed by atoms with Gasteiger partial charge in [-0.25, -0.2) is 4.98 Å². The lowest BCUT2D eigenvalue weighted by Gasteiger charge is -2.18. The predicted molar refractivity (Wildman–Crippen MR) is 86.7 cm³/mol. The number of hydrogen-bond donors (Lipinski definition) is 1. The Bertz CT molecular complexity index is 449. The van der Waals surface area contributed by atoms with Gasteiger partial charge in [-0.2, -0.15) is 0 Å². The molecule has 1 heterocycles. The van der Waals surface area contributed by atoms with Crippen molar-refractivity contribution in [1.82, 2.24) is 10.3 Å². The molecule has 1 aromatic heterocycles. The number of rotatable bonds is 8. The van der Waals surface area contributed by atoms with Crippen molar-refractivity contribution in [2.45, 2.75) is 77.4 Å². The summed E-state index contributed by atoms with van der Waals surface area (Å²) in [5.74, 6) is 0.578. The zero-order valence-electron chi connectivity index (χ0n) is 13.0. The second kappa shape index (κ2) is 6.02. The Hall–Kier alpha value is -0.610. The zero-order chi connectivity index (χ0) is 14.1. The van der Waals surface area contributed by atoms with Crippen LogP contribution < -0.4 is 10.2 Å². The summed E-state index contributed by atoms with van der Waals surface area (Å²) in [6.07, 6.45) is 6.58. The SMILES string of the molecule is CCC(C)c1nc(N(CC)C2CC2)sc1CNC1CC1. The molecule has 3 nitrogen and oxygen atoms in total. The summed E-state index contributed by atoms with van der Waals surface area (Å²) < 4.78 is 0. The fourth-order valence-electron chi connectivity index (χ4n) is 2.64. The molecule has 3 rings (SSSR count). The molecular formula is C16H27N3S. The Morgan fingerprint density at radius 2 is 2.05 bits per heavy atom. The minimum Gasteiger partial charge on any atom is -0.345 e. The van der Waals surface area contributed by atoms with Gasteiger partial charge in [-0.1, -0.05) is 13.8 Å². The Kier molecular flexibility index (Phi) is 4.32. The van der Waals surface area contributed by atoms with Crippen LogP contribution in [0.1, 0.15) is 69.4 Å². The van der Waals surface area contributed by atoms with Gasteiger partial charge in [0, 0.05) is 30.1 Å². The summed E-state index contributed by atoms with van der Waals surface area (Å²) in [6, 6.07) is 1.54. The van der Waals surface area contributed by atoms with Crippen LogP contribution in [0.4, 0.5) is 5.13 Å². The van der Waals surface area contributed by atoms with E-state index >= 15 is 0 Å². The molecule has 0 saturated heterocycles. The molecule has 1 aromatic rings. The van der Waals surface area contributed by atoms with Gasteiger partial charge in [-0.3, -0.25) is 0 Å². The van der Waals surface area contributed by atoms with Crippen LogP contribution >= 0.6 is 11.3 Å². The van der Waals surface area contributed by atoms with Gasteiger partial charge < -0.3 is 10.2 Å². The monoisotopic (exact) mass is 293 g/mol. The van der Waals surface area contributed by atoms with Crippen LogP contribution in [0, 0.1) is 0 Å². The first-order chi connectivity index (χ1) is 9.72. The maximum Gasteiger partial charge on any atom is 0.186 e. The van der Waals surface area contributed by atoms with Crippen molar-refractivity contribution >= 4 is 16.5 Å². The van der Waals surface area contributed by atoms with E-state index in [4.69, 9.17) is 4.98 Å². The molecule has 2 saturated carbocycles. The van der Waals surface area contributed by atoms with Crippen molar-refractivity contribution in [2.75, 3.05) is 11.4 Å². The number of aromatic nitrogens is 1. The average Bonchev–Trinajstić information content (AvgIpc) is 3.36. The molecule has 0 amide bonds. The standard InChI is InChI=1S/C16H27N3S/c1-4-11(3)15-14(10-17-12-6-7-12)20-16(18-15)19(5-2)13-8-9-13/h11-13,17H,4-10H2,1-3H3. The van der Waals surface area contributed by atoms with Gasteiger partial charge in [0.05, 0.1) is 5.69 Å². The maximum atomic E-state index is 5.02. The third kappa shape index (κ3) is 3.17. The van der Waals surface area contributed by atoms with Gasteiger partial charge in [0.25, 0.3) is 0 Å². The Balaban J connectivity index is 1.78. The second-order valence-electron chi connectivity index (χ2n) is 6.29. The molecule has 0 bridgehead atoms. The summed E-state index contributed by atoms with van der Waals surface area (Å²) in [4.78, 5) is 9.00. The van der Waals surface area contributed by atoms with Crippen LogP contribution in [-0.4, -0.2) is 23.6 Å². The molecule has 0 radical (unpaired) electrons. The highest BCUT2D eigenvalue weighted by Crippen LogP contribution is 2.37. The van der Waals surface area contributed by atoms with Gasteiger partial charge in [-0.05, 0) is 44.9 Å². The Morgan fingerprint density at radius 3 is 2.60 bits per heavy atom. The van der Waals surface area contributed by atoms with Crippen molar-refractivity contribution < 1.29 is 0 Å². The minimum atomic E-state index is 0.578. The molecular weight excluding hydrogens is 266 g/mol. The highest BCUT2D eigenvalue weighted by atomic mass is 32.1. The number of nitrogens with zero attached hydrogens (tertiary/aromatic N) is 2. The third-order valence-corrected chi connectivity index (χ3v) is 5.61. The fraction of sp³-hybridized carbons (Fsp3) is 0.812. The first kappa shape index (κ1) is 14.3. The molecule has 2 aliphatic carbocycles. The van der Waals surface area contributed by atoms with E-state index < -0.39 is 0 Å².